The van der Waals surface area contributed by atoms with Crippen molar-refractivity contribution in [2.24, 2.45) is 5.73 Å². The van der Waals surface area contributed by atoms with Crippen LogP contribution in [-0.4, -0.2) is 74.2 Å². The molecule has 0 unspecified atom stereocenters. The van der Waals surface area contributed by atoms with E-state index in [4.69, 9.17) is 20.3 Å². The summed E-state index contributed by atoms with van der Waals surface area (Å²) in [4.78, 5) is 33.9. The first-order valence-corrected chi connectivity index (χ1v) is 14.1. The maximum atomic E-state index is 12.3. The Morgan fingerprint density at radius 2 is 1.39 bits per heavy atom. The molecule has 36 heavy (non-hydrogen) atoms. The van der Waals surface area contributed by atoms with Crippen molar-refractivity contribution in [3.05, 3.63) is 44.1 Å². The second kappa shape index (κ2) is 14.1. The molecule has 0 aliphatic carbocycles. The van der Waals surface area contributed by atoms with Crippen molar-refractivity contribution in [3.8, 4) is 17.2 Å². The van der Waals surface area contributed by atoms with Gasteiger partial charge in [-0.15, -0.1) is 0 Å². The fourth-order valence-electron chi connectivity index (χ4n) is 2.75. The Morgan fingerprint density at radius 3 is 1.86 bits per heavy atom. The standard InChI is InChI=1S/C21H19I4NO10/c22-9-1-7(3-13(26)20(32)33)2-10(23)18(9)35-8-4-11(24)19(12(25)5-8)36-21(34)17(31)16(30)15(29)14(28)6-27/h1-2,4-6,13-17,28-31H,3,26H2,(H,32,33)/t13-,14-,15+,16-,17-/m0/s1. The lowest BCUT2D eigenvalue weighted by Gasteiger charge is -2.23. The van der Waals surface area contributed by atoms with Gasteiger partial charge in [-0.2, -0.15) is 0 Å². The van der Waals surface area contributed by atoms with Crippen LogP contribution in [0.15, 0.2) is 24.3 Å². The van der Waals surface area contributed by atoms with Crippen LogP contribution in [0.2, 0.25) is 0 Å². The summed E-state index contributed by atoms with van der Waals surface area (Å²) in [5, 5.41) is 47.8. The van der Waals surface area contributed by atoms with Crippen LogP contribution in [-0.2, 0) is 20.8 Å². The first kappa shape index (κ1) is 31.8. The Hall–Kier alpha value is -0.430. The fourth-order valence-corrected chi connectivity index (χ4v) is 6.80. The van der Waals surface area contributed by atoms with E-state index in [2.05, 4.69) is 45.2 Å². The van der Waals surface area contributed by atoms with Crippen molar-refractivity contribution in [2.45, 2.75) is 36.9 Å². The highest BCUT2D eigenvalue weighted by Gasteiger charge is 2.36. The first-order chi connectivity index (χ1) is 16.8. The molecule has 0 spiro atoms. The van der Waals surface area contributed by atoms with Gasteiger partial charge in [-0.1, -0.05) is 0 Å². The van der Waals surface area contributed by atoms with Gasteiger partial charge in [-0.05, 0) is 127 Å². The number of carbonyl (C=O) groups excluding carboxylic acids is 2. The normalized spacial score (nSPS) is 15.4. The molecular weight excluding hydrogens is 934 g/mol. The number of carboxylic acid groups (broad SMARTS) is 1. The molecule has 0 aliphatic heterocycles. The minimum Gasteiger partial charge on any atom is -0.480 e. The highest BCUT2D eigenvalue weighted by atomic mass is 127. The van der Waals surface area contributed by atoms with Crippen molar-refractivity contribution < 1.29 is 49.4 Å². The molecule has 0 radical (unpaired) electrons. The summed E-state index contributed by atoms with van der Waals surface area (Å²) in [6.45, 7) is 0. The van der Waals surface area contributed by atoms with E-state index in [9.17, 15) is 34.8 Å². The van der Waals surface area contributed by atoms with E-state index in [1.165, 1.54) is 0 Å². The van der Waals surface area contributed by atoms with E-state index in [0.717, 1.165) is 12.7 Å². The number of hydrogen-bond donors (Lipinski definition) is 6. The molecule has 196 valence electrons. The molecule has 0 saturated heterocycles. The van der Waals surface area contributed by atoms with E-state index < -0.39 is 42.4 Å². The number of halogens is 4. The Kier molecular flexibility index (Phi) is 12.4. The third-order valence-corrected chi connectivity index (χ3v) is 7.83. The summed E-state index contributed by atoms with van der Waals surface area (Å²) < 4.78 is 13.5. The number of aliphatic hydroxyl groups is 4. The van der Waals surface area contributed by atoms with Gasteiger partial charge >= 0.3 is 11.9 Å². The van der Waals surface area contributed by atoms with Crippen molar-refractivity contribution in [1.82, 2.24) is 0 Å². The number of hydrogen-bond acceptors (Lipinski definition) is 10. The number of rotatable bonds is 11. The molecule has 0 amide bonds. The van der Waals surface area contributed by atoms with E-state index in [1.54, 1.807) is 24.3 Å². The van der Waals surface area contributed by atoms with Gasteiger partial charge in [0, 0.05) is 0 Å². The van der Waals surface area contributed by atoms with Crippen molar-refractivity contribution in [2.75, 3.05) is 0 Å². The van der Waals surface area contributed by atoms with Crippen LogP contribution in [0.25, 0.3) is 0 Å². The maximum absolute atomic E-state index is 12.3. The number of carboxylic acids is 1. The Morgan fingerprint density at radius 1 is 0.889 bits per heavy atom. The number of benzene rings is 2. The van der Waals surface area contributed by atoms with Gasteiger partial charge in [-0.3, -0.25) is 4.79 Å². The monoisotopic (exact) mass is 953 g/mol. The summed E-state index contributed by atoms with van der Waals surface area (Å²) in [6, 6.07) is 5.66. The van der Waals surface area contributed by atoms with Crippen LogP contribution in [0.4, 0.5) is 0 Å². The van der Waals surface area contributed by atoms with Crippen molar-refractivity contribution >= 4 is 109 Å². The Labute approximate surface area is 259 Å². The van der Waals surface area contributed by atoms with Crippen LogP contribution in [0.3, 0.4) is 0 Å². The van der Waals surface area contributed by atoms with Gasteiger partial charge in [0.25, 0.3) is 0 Å². The smallest absolute Gasteiger partial charge is 0.343 e. The van der Waals surface area contributed by atoms with Gasteiger partial charge in [0.2, 0.25) is 0 Å². The molecule has 0 fully saturated rings. The molecule has 0 aliphatic rings. The molecule has 7 N–H and O–H groups in total. The fraction of sp³-hybridized carbons (Fsp3) is 0.286. The van der Waals surface area contributed by atoms with E-state index in [-0.39, 0.29) is 18.5 Å². The largest absolute Gasteiger partial charge is 0.480 e. The van der Waals surface area contributed by atoms with Crippen LogP contribution in [0, 0.1) is 14.3 Å². The number of aldehydes is 1. The molecule has 2 aromatic rings. The van der Waals surface area contributed by atoms with Crippen LogP contribution in [0.1, 0.15) is 5.56 Å². The molecule has 0 heterocycles. The summed E-state index contributed by atoms with van der Waals surface area (Å²) >= 11 is 7.90. The second-order valence-corrected chi connectivity index (χ2v) is 12.0. The maximum Gasteiger partial charge on any atom is 0.343 e. The SMILES string of the molecule is N[C@@H](Cc1cc(I)c(Oc2cc(I)c(OC(=O)[C@@H](O)[C@@H](O)[C@H](O)[C@@H](O)C=O)c(I)c2)c(I)c1)C(=O)O. The van der Waals surface area contributed by atoms with E-state index >= 15 is 0 Å². The van der Waals surface area contributed by atoms with Gasteiger partial charge in [0.1, 0.15) is 30.1 Å². The number of nitrogens with two attached hydrogens (primary N) is 1. The van der Waals surface area contributed by atoms with E-state index in [1.807, 2.05) is 45.2 Å². The summed E-state index contributed by atoms with van der Waals surface area (Å²) in [5.41, 5.74) is 6.36. The second-order valence-electron chi connectivity index (χ2n) is 7.33. The zero-order valence-electron chi connectivity index (χ0n) is 17.8. The molecule has 2 aromatic carbocycles. The van der Waals surface area contributed by atoms with Crippen molar-refractivity contribution in [1.29, 1.82) is 0 Å². The van der Waals surface area contributed by atoms with Gasteiger partial charge in [-0.25, -0.2) is 4.79 Å². The minimum atomic E-state index is -2.23. The number of ether oxygens (including phenoxy) is 2. The Balaban J connectivity index is 2.21. The molecule has 15 heteroatoms. The first-order valence-electron chi connectivity index (χ1n) is 9.79. The number of esters is 1. The zero-order valence-corrected chi connectivity index (χ0v) is 26.5. The van der Waals surface area contributed by atoms with Crippen LogP contribution in [0.5, 0.6) is 17.2 Å². The third kappa shape index (κ3) is 8.28. The van der Waals surface area contributed by atoms with E-state index in [0.29, 0.717) is 18.6 Å². The molecule has 5 atom stereocenters. The molecule has 0 bridgehead atoms. The Bertz CT molecular complexity index is 1100. The van der Waals surface area contributed by atoms with Gasteiger partial charge in [0.05, 0.1) is 14.3 Å². The summed E-state index contributed by atoms with van der Waals surface area (Å²) in [7, 11) is 0. The molecule has 11 nitrogen and oxygen atoms in total. The topological polar surface area (TPSA) is 197 Å². The third-order valence-electron chi connectivity index (χ3n) is 4.63. The van der Waals surface area contributed by atoms with Gasteiger partial charge in [0.15, 0.2) is 23.9 Å². The average Bonchev–Trinajstić information content (AvgIpc) is 2.81. The lowest BCUT2D eigenvalue weighted by Crippen LogP contribution is -2.49. The van der Waals surface area contributed by atoms with Gasteiger partial charge < -0.3 is 45.5 Å². The predicted octanol–water partition coefficient (Wildman–Crippen LogP) is 1.40. The summed E-state index contributed by atoms with van der Waals surface area (Å²) in [5.74, 6) is -1.40. The lowest BCUT2D eigenvalue weighted by molar-refractivity contribution is -0.161. The quantitative estimate of drug-likeness (QED) is 0.0825. The molecule has 0 aromatic heterocycles. The highest BCUT2D eigenvalue weighted by molar-refractivity contribution is 14.1. The predicted molar refractivity (Wildman–Crippen MR) is 159 cm³/mol. The molecule has 0 saturated carbocycles. The highest BCUT2D eigenvalue weighted by Crippen LogP contribution is 2.37. The van der Waals surface area contributed by atoms with Crippen molar-refractivity contribution in [3.63, 3.8) is 0 Å². The van der Waals surface area contributed by atoms with Crippen LogP contribution >= 0.6 is 90.4 Å². The average molecular weight is 953 g/mol. The molecular formula is C21H19I4NO10. The number of aliphatic carboxylic acids is 1. The lowest BCUT2D eigenvalue weighted by atomic mass is 10.0. The number of aliphatic hydroxyl groups excluding tert-OH is 4. The summed E-state index contributed by atoms with van der Waals surface area (Å²) in [6.07, 6.45) is -8.36. The van der Waals surface area contributed by atoms with Crippen LogP contribution < -0.4 is 15.2 Å². The number of carbonyl (C=O) groups is 3. The molecule has 2 rings (SSSR count). The zero-order chi connectivity index (χ0) is 27.3. The minimum absolute atomic E-state index is 0.0442.